The highest BCUT2D eigenvalue weighted by Gasteiger charge is 2.11. The van der Waals surface area contributed by atoms with Gasteiger partial charge in [-0.25, -0.2) is 0 Å². The molecule has 2 heterocycles. The van der Waals surface area contributed by atoms with E-state index < -0.39 is 0 Å². The Morgan fingerprint density at radius 1 is 1.30 bits per heavy atom. The second-order valence-electron chi connectivity index (χ2n) is 4.35. The molecule has 0 saturated heterocycles. The highest BCUT2D eigenvalue weighted by Crippen LogP contribution is 2.15. The molecular weight excluding hydrogens is 342 g/mol. The molecule has 0 aliphatic rings. The maximum Gasteiger partial charge on any atom is 0.307 e. The number of hydrogen-bond acceptors (Lipinski definition) is 4. The van der Waals surface area contributed by atoms with Gasteiger partial charge in [-0.05, 0) is 35.8 Å². The third kappa shape index (κ3) is 2.62. The van der Waals surface area contributed by atoms with Crippen LogP contribution in [-0.2, 0) is 13.1 Å². The van der Waals surface area contributed by atoms with Gasteiger partial charge in [-0.2, -0.15) is 5.26 Å². The number of nitrogens with zero attached hydrogens (tertiary/aromatic N) is 3. The number of pyridine rings is 1. The van der Waals surface area contributed by atoms with Gasteiger partial charge < -0.3 is 9.13 Å². The summed E-state index contributed by atoms with van der Waals surface area (Å²) in [6, 6.07) is 3.41. The van der Waals surface area contributed by atoms with E-state index in [1.54, 1.807) is 16.9 Å². The fourth-order valence-electron chi connectivity index (χ4n) is 1.94. The van der Waals surface area contributed by atoms with Crippen LogP contribution >= 0.6 is 27.3 Å². The first-order chi connectivity index (χ1) is 9.45. The third-order valence-corrected chi connectivity index (χ3v) is 4.82. The summed E-state index contributed by atoms with van der Waals surface area (Å²) in [4.78, 5) is 23.8. The lowest BCUT2D eigenvalue weighted by Crippen LogP contribution is -2.28. The first-order valence-corrected chi connectivity index (χ1v) is 7.58. The smallest absolute Gasteiger partial charge is 0.307 e. The maximum atomic E-state index is 12.1. The molecule has 0 radical (unpaired) electrons. The topological polar surface area (TPSA) is 67.8 Å². The summed E-state index contributed by atoms with van der Waals surface area (Å²) < 4.78 is 3.86. The molecule has 20 heavy (non-hydrogen) atoms. The van der Waals surface area contributed by atoms with Crippen molar-refractivity contribution in [2.45, 2.75) is 26.9 Å². The van der Waals surface area contributed by atoms with Crippen LogP contribution < -0.4 is 10.4 Å². The molecule has 2 aromatic rings. The second kappa shape index (κ2) is 5.77. The molecule has 0 fully saturated rings. The standard InChI is InChI=1S/C13H12BrN3O2S/c1-8-7-20-13(19)16(8)3-4-17-9(2)11(14)5-10(6-15)12(17)18/h5,7H,3-4H2,1-2H3. The summed E-state index contributed by atoms with van der Waals surface area (Å²) >= 11 is 4.49. The molecule has 7 heteroatoms. The zero-order valence-corrected chi connectivity index (χ0v) is 13.4. The molecular formula is C13H12BrN3O2S. The first-order valence-electron chi connectivity index (χ1n) is 5.90. The zero-order chi connectivity index (χ0) is 14.9. The van der Waals surface area contributed by atoms with Crippen LogP contribution in [0.4, 0.5) is 0 Å². The number of thiazole rings is 1. The van der Waals surface area contributed by atoms with Crippen LogP contribution in [0.5, 0.6) is 0 Å². The average Bonchev–Trinajstić information content (AvgIpc) is 2.74. The number of hydrogen-bond donors (Lipinski definition) is 0. The minimum absolute atomic E-state index is 0.0382. The predicted molar refractivity (Wildman–Crippen MR) is 81.2 cm³/mol. The Balaban J connectivity index is 2.40. The van der Waals surface area contributed by atoms with Gasteiger partial charge in [0.1, 0.15) is 11.6 Å². The molecule has 0 atom stereocenters. The van der Waals surface area contributed by atoms with Crippen LogP contribution in [0.2, 0.25) is 0 Å². The van der Waals surface area contributed by atoms with E-state index in [-0.39, 0.29) is 16.0 Å². The Bertz CT molecular complexity index is 810. The predicted octanol–water partition coefficient (Wildman–Crippen LogP) is 2.02. The van der Waals surface area contributed by atoms with E-state index in [4.69, 9.17) is 5.26 Å². The van der Waals surface area contributed by atoms with Gasteiger partial charge in [0.15, 0.2) is 0 Å². The van der Waals surface area contributed by atoms with Crippen LogP contribution in [-0.4, -0.2) is 9.13 Å². The Labute approximate surface area is 127 Å². The highest BCUT2D eigenvalue weighted by molar-refractivity contribution is 9.10. The van der Waals surface area contributed by atoms with E-state index >= 15 is 0 Å². The molecule has 0 N–H and O–H groups in total. The second-order valence-corrected chi connectivity index (χ2v) is 6.03. The molecule has 0 aliphatic heterocycles. The Hall–Kier alpha value is -1.65. The van der Waals surface area contributed by atoms with Crippen LogP contribution in [0, 0.1) is 25.2 Å². The van der Waals surface area contributed by atoms with Crippen LogP contribution in [0.1, 0.15) is 17.0 Å². The molecule has 2 rings (SSSR count). The number of aromatic nitrogens is 2. The van der Waals surface area contributed by atoms with Gasteiger partial charge in [-0.15, -0.1) is 0 Å². The van der Waals surface area contributed by atoms with Crippen LogP contribution in [0.15, 0.2) is 25.5 Å². The van der Waals surface area contributed by atoms with Crippen molar-refractivity contribution in [2.24, 2.45) is 0 Å². The molecule has 104 valence electrons. The molecule has 2 aromatic heterocycles. The molecule has 0 bridgehead atoms. The van der Waals surface area contributed by atoms with Gasteiger partial charge in [-0.3, -0.25) is 9.59 Å². The molecule has 5 nitrogen and oxygen atoms in total. The molecule has 0 aromatic carbocycles. The van der Waals surface area contributed by atoms with Gasteiger partial charge in [0.05, 0.1) is 0 Å². The van der Waals surface area contributed by atoms with E-state index in [0.29, 0.717) is 17.6 Å². The fraction of sp³-hybridized carbons (Fsp3) is 0.308. The summed E-state index contributed by atoms with van der Waals surface area (Å²) in [5.74, 6) is 0. The van der Waals surface area contributed by atoms with Crippen molar-refractivity contribution in [3.63, 3.8) is 0 Å². The van der Waals surface area contributed by atoms with Gasteiger partial charge in [0.2, 0.25) is 0 Å². The molecule has 0 amide bonds. The van der Waals surface area contributed by atoms with Crippen molar-refractivity contribution in [3.8, 4) is 6.07 Å². The molecule has 0 spiro atoms. The Morgan fingerprint density at radius 2 is 1.95 bits per heavy atom. The average molecular weight is 354 g/mol. The van der Waals surface area contributed by atoms with Crippen molar-refractivity contribution in [3.05, 3.63) is 52.9 Å². The van der Waals surface area contributed by atoms with Crippen LogP contribution in [0.3, 0.4) is 0 Å². The summed E-state index contributed by atoms with van der Waals surface area (Å²) in [7, 11) is 0. The van der Waals surface area contributed by atoms with E-state index in [2.05, 4.69) is 15.9 Å². The normalized spacial score (nSPS) is 10.5. The van der Waals surface area contributed by atoms with Crippen LogP contribution in [0.25, 0.3) is 0 Å². The fourth-order valence-corrected chi connectivity index (χ4v) is 3.15. The molecule has 0 saturated carbocycles. The largest absolute Gasteiger partial charge is 0.309 e. The van der Waals surface area contributed by atoms with Crippen molar-refractivity contribution < 1.29 is 0 Å². The van der Waals surface area contributed by atoms with Gasteiger partial charge in [0.25, 0.3) is 5.56 Å². The number of nitriles is 1. The maximum absolute atomic E-state index is 12.1. The lowest BCUT2D eigenvalue weighted by atomic mass is 10.2. The van der Waals surface area contributed by atoms with Crippen molar-refractivity contribution in [1.82, 2.24) is 9.13 Å². The summed E-state index contributed by atoms with van der Waals surface area (Å²) in [5, 5.41) is 10.8. The Kier molecular flexibility index (Phi) is 4.26. The van der Waals surface area contributed by atoms with Gasteiger partial charge in [-0.1, -0.05) is 11.3 Å². The monoisotopic (exact) mass is 353 g/mol. The van der Waals surface area contributed by atoms with E-state index in [1.807, 2.05) is 13.0 Å². The molecule has 0 unspecified atom stereocenters. The summed E-state index contributed by atoms with van der Waals surface area (Å²) in [6.45, 7) is 4.43. The zero-order valence-electron chi connectivity index (χ0n) is 11.0. The lowest BCUT2D eigenvalue weighted by molar-refractivity contribution is 0.540. The van der Waals surface area contributed by atoms with E-state index in [0.717, 1.165) is 22.7 Å². The van der Waals surface area contributed by atoms with E-state index in [1.165, 1.54) is 10.6 Å². The quantitative estimate of drug-likeness (QED) is 0.847. The third-order valence-electron chi connectivity index (χ3n) is 3.14. The minimum atomic E-state index is -0.325. The van der Waals surface area contributed by atoms with Crippen molar-refractivity contribution in [2.75, 3.05) is 0 Å². The van der Waals surface area contributed by atoms with Crippen molar-refractivity contribution >= 4 is 27.3 Å². The van der Waals surface area contributed by atoms with Crippen molar-refractivity contribution in [1.29, 1.82) is 5.26 Å². The summed E-state index contributed by atoms with van der Waals surface area (Å²) in [6.07, 6.45) is 0. The number of aryl methyl sites for hydroxylation is 1. The number of halogens is 1. The first kappa shape index (κ1) is 14.8. The lowest BCUT2D eigenvalue weighted by Gasteiger charge is -2.12. The highest BCUT2D eigenvalue weighted by atomic mass is 79.9. The Morgan fingerprint density at radius 3 is 2.50 bits per heavy atom. The number of rotatable bonds is 3. The van der Waals surface area contributed by atoms with Gasteiger partial charge >= 0.3 is 4.87 Å². The minimum Gasteiger partial charge on any atom is -0.309 e. The van der Waals surface area contributed by atoms with E-state index in [9.17, 15) is 9.59 Å². The summed E-state index contributed by atoms with van der Waals surface area (Å²) in [5.41, 5.74) is 1.39. The SMILES string of the molecule is Cc1csc(=O)n1CCn1c(C)c(Br)cc(C#N)c1=O. The molecule has 0 aliphatic carbocycles. The van der Waals surface area contributed by atoms with Gasteiger partial charge in [0, 0.05) is 34.3 Å².